The van der Waals surface area contributed by atoms with E-state index in [0.29, 0.717) is 18.5 Å². The zero-order chi connectivity index (χ0) is 13.0. The molecule has 0 aliphatic carbocycles. The van der Waals surface area contributed by atoms with Gasteiger partial charge >= 0.3 is 0 Å². The van der Waals surface area contributed by atoms with Gasteiger partial charge in [0.05, 0.1) is 18.2 Å². The van der Waals surface area contributed by atoms with Crippen LogP contribution in [-0.4, -0.2) is 21.1 Å². The van der Waals surface area contributed by atoms with E-state index < -0.39 is 0 Å². The van der Waals surface area contributed by atoms with Gasteiger partial charge in [0.25, 0.3) is 0 Å². The van der Waals surface area contributed by atoms with Gasteiger partial charge in [-0.05, 0) is 24.5 Å². The minimum absolute atomic E-state index is 0.294. The van der Waals surface area contributed by atoms with E-state index in [0.717, 1.165) is 17.7 Å². The molecule has 2 aromatic rings. The van der Waals surface area contributed by atoms with Crippen LogP contribution < -0.4 is 5.73 Å². The zero-order valence-electron chi connectivity index (χ0n) is 11.0. The molecule has 0 aliphatic heterocycles. The molecule has 2 rings (SSSR count). The van der Waals surface area contributed by atoms with Gasteiger partial charge in [-0.3, -0.25) is 4.98 Å². The number of pyridine rings is 1. The van der Waals surface area contributed by atoms with Crippen LogP contribution in [0.2, 0.25) is 0 Å². The van der Waals surface area contributed by atoms with E-state index in [1.807, 2.05) is 30.9 Å². The summed E-state index contributed by atoms with van der Waals surface area (Å²) in [5, 5.41) is 0. The first-order valence-electron chi connectivity index (χ1n) is 6.34. The molecule has 0 saturated carbocycles. The smallest absolute Gasteiger partial charge is 0.0954 e. The molecular weight excluding hydrogens is 224 g/mol. The molecule has 1 unspecified atom stereocenters. The zero-order valence-corrected chi connectivity index (χ0v) is 11.0. The third-order valence-corrected chi connectivity index (χ3v) is 3.03. The second-order valence-electron chi connectivity index (χ2n) is 4.95. The van der Waals surface area contributed by atoms with Crippen molar-refractivity contribution < 1.29 is 0 Å². The van der Waals surface area contributed by atoms with Crippen molar-refractivity contribution >= 4 is 0 Å². The Bertz CT molecular complexity index is 476. The second kappa shape index (κ2) is 5.78. The van der Waals surface area contributed by atoms with Gasteiger partial charge in [0.2, 0.25) is 0 Å². The number of imidazole rings is 1. The molecule has 0 fully saturated rings. The van der Waals surface area contributed by atoms with Crippen LogP contribution in [0.5, 0.6) is 0 Å². The van der Waals surface area contributed by atoms with Gasteiger partial charge in [-0.15, -0.1) is 0 Å². The van der Waals surface area contributed by atoms with Crippen LogP contribution in [0.3, 0.4) is 0 Å². The second-order valence-corrected chi connectivity index (χ2v) is 4.95. The largest absolute Gasteiger partial charge is 0.328 e. The Labute approximate surface area is 108 Å². The van der Waals surface area contributed by atoms with Crippen molar-refractivity contribution in [1.82, 2.24) is 14.5 Å². The quantitative estimate of drug-likeness (QED) is 0.879. The maximum absolute atomic E-state index is 5.90. The van der Waals surface area contributed by atoms with Crippen molar-refractivity contribution in [1.29, 1.82) is 0 Å². The molecule has 0 spiro atoms. The van der Waals surface area contributed by atoms with Crippen LogP contribution in [0, 0.1) is 5.92 Å². The van der Waals surface area contributed by atoms with E-state index in [4.69, 9.17) is 5.73 Å². The number of hydrogen-bond acceptors (Lipinski definition) is 3. The molecule has 4 nitrogen and oxygen atoms in total. The molecule has 0 saturated heterocycles. The fraction of sp³-hybridized carbons (Fsp3) is 0.429. The first-order valence-corrected chi connectivity index (χ1v) is 6.34. The van der Waals surface area contributed by atoms with Crippen molar-refractivity contribution in [3.05, 3.63) is 37.1 Å². The summed E-state index contributed by atoms with van der Waals surface area (Å²) in [5.74, 6) is 0.614. The van der Waals surface area contributed by atoms with E-state index in [9.17, 15) is 0 Å². The van der Waals surface area contributed by atoms with E-state index >= 15 is 0 Å². The van der Waals surface area contributed by atoms with Crippen LogP contribution in [0.4, 0.5) is 0 Å². The van der Waals surface area contributed by atoms with E-state index in [1.165, 1.54) is 0 Å². The molecule has 4 heteroatoms. The van der Waals surface area contributed by atoms with E-state index in [1.54, 1.807) is 6.20 Å². The number of nitrogens with two attached hydrogens (primary N) is 1. The summed E-state index contributed by atoms with van der Waals surface area (Å²) in [7, 11) is 0. The van der Waals surface area contributed by atoms with Crippen LogP contribution in [0.1, 0.15) is 26.3 Å². The molecule has 2 aromatic heterocycles. The summed E-state index contributed by atoms with van der Waals surface area (Å²) in [6.45, 7) is 5.05. The maximum Gasteiger partial charge on any atom is 0.0954 e. The lowest BCUT2D eigenvalue weighted by Crippen LogP contribution is -2.21. The minimum atomic E-state index is 0.294. The average molecular weight is 244 g/mol. The first kappa shape index (κ1) is 12.8. The van der Waals surface area contributed by atoms with Crippen LogP contribution in [-0.2, 0) is 0 Å². The Morgan fingerprint density at radius 3 is 2.72 bits per heavy atom. The normalized spacial score (nSPS) is 12.9. The van der Waals surface area contributed by atoms with Crippen molar-refractivity contribution in [2.75, 3.05) is 6.54 Å². The van der Waals surface area contributed by atoms with Gasteiger partial charge in [0.15, 0.2) is 0 Å². The number of rotatable bonds is 5. The highest BCUT2D eigenvalue weighted by molar-refractivity contribution is 5.57. The number of hydrogen-bond donors (Lipinski definition) is 1. The highest BCUT2D eigenvalue weighted by atomic mass is 15.1. The van der Waals surface area contributed by atoms with Crippen molar-refractivity contribution in [2.45, 2.75) is 26.3 Å². The Kier molecular flexibility index (Phi) is 4.10. The summed E-state index contributed by atoms with van der Waals surface area (Å²) in [6, 6.07) is 4.28. The monoisotopic (exact) mass is 244 g/mol. The molecule has 2 N–H and O–H groups in total. The highest BCUT2D eigenvalue weighted by Gasteiger charge is 2.15. The third-order valence-electron chi connectivity index (χ3n) is 3.03. The summed E-state index contributed by atoms with van der Waals surface area (Å²) in [5.41, 5.74) is 8.06. The summed E-state index contributed by atoms with van der Waals surface area (Å²) >= 11 is 0. The van der Waals surface area contributed by atoms with Gasteiger partial charge in [-0.2, -0.15) is 0 Å². The third kappa shape index (κ3) is 2.76. The Balaban J connectivity index is 2.32. The van der Waals surface area contributed by atoms with Gasteiger partial charge in [0.1, 0.15) is 0 Å². The molecule has 0 bridgehead atoms. The topological polar surface area (TPSA) is 56.7 Å². The summed E-state index contributed by atoms with van der Waals surface area (Å²) in [4.78, 5) is 8.41. The Morgan fingerprint density at radius 1 is 1.28 bits per heavy atom. The molecule has 96 valence electrons. The minimum Gasteiger partial charge on any atom is -0.328 e. The van der Waals surface area contributed by atoms with Gasteiger partial charge < -0.3 is 10.3 Å². The lowest BCUT2D eigenvalue weighted by atomic mass is 10.0. The Hall–Kier alpha value is -1.68. The Morgan fingerprint density at radius 2 is 2.11 bits per heavy atom. The predicted molar refractivity (Wildman–Crippen MR) is 73.0 cm³/mol. The fourth-order valence-corrected chi connectivity index (χ4v) is 2.20. The number of nitrogens with zero attached hydrogens (tertiary/aromatic N) is 3. The van der Waals surface area contributed by atoms with Crippen molar-refractivity contribution in [3.8, 4) is 11.3 Å². The summed E-state index contributed by atoms with van der Waals surface area (Å²) < 4.78 is 2.16. The first-order chi connectivity index (χ1) is 8.72. The lowest BCUT2D eigenvalue weighted by Gasteiger charge is -2.21. The molecule has 0 aromatic carbocycles. The van der Waals surface area contributed by atoms with Crippen molar-refractivity contribution in [3.63, 3.8) is 0 Å². The van der Waals surface area contributed by atoms with Gasteiger partial charge in [0, 0.05) is 30.5 Å². The van der Waals surface area contributed by atoms with E-state index in [2.05, 4.69) is 28.4 Å². The standard InChI is InChI=1S/C14H20N4/c1-11(2)6-13(7-15)18-10-17-9-14(18)12-4-3-5-16-8-12/h3-5,8-11,13H,6-7,15H2,1-2H3. The van der Waals surface area contributed by atoms with Gasteiger partial charge in [-0.1, -0.05) is 13.8 Å². The summed E-state index contributed by atoms with van der Waals surface area (Å²) in [6.07, 6.45) is 8.43. The van der Waals surface area contributed by atoms with Gasteiger partial charge in [-0.25, -0.2) is 4.98 Å². The number of aromatic nitrogens is 3. The lowest BCUT2D eigenvalue weighted by molar-refractivity contribution is 0.409. The molecule has 18 heavy (non-hydrogen) atoms. The molecule has 2 heterocycles. The fourth-order valence-electron chi connectivity index (χ4n) is 2.20. The van der Waals surface area contributed by atoms with E-state index in [-0.39, 0.29) is 0 Å². The molecule has 0 aliphatic rings. The van der Waals surface area contributed by atoms with Crippen LogP contribution in [0.15, 0.2) is 37.1 Å². The molecule has 0 amide bonds. The molecule has 1 atom stereocenters. The highest BCUT2D eigenvalue weighted by Crippen LogP contribution is 2.24. The maximum atomic E-state index is 5.90. The SMILES string of the molecule is CC(C)CC(CN)n1cncc1-c1cccnc1. The molecular formula is C14H20N4. The average Bonchev–Trinajstić information content (AvgIpc) is 2.86. The van der Waals surface area contributed by atoms with Crippen molar-refractivity contribution in [2.24, 2.45) is 11.7 Å². The predicted octanol–water partition coefficient (Wildman–Crippen LogP) is 2.49. The van der Waals surface area contributed by atoms with Crippen LogP contribution in [0.25, 0.3) is 11.3 Å². The van der Waals surface area contributed by atoms with Crippen LogP contribution >= 0.6 is 0 Å². The molecule has 0 radical (unpaired) electrons.